The first-order chi connectivity index (χ1) is 10.7. The average Bonchev–Trinajstić information content (AvgIpc) is 2.86. The molecular weight excluding hydrogens is 309 g/mol. The Morgan fingerprint density at radius 3 is 2.65 bits per heavy atom. The summed E-state index contributed by atoms with van der Waals surface area (Å²) >= 11 is 0. The lowest BCUT2D eigenvalue weighted by Crippen LogP contribution is -2.40. The quantitative estimate of drug-likeness (QED) is 0.404. The van der Waals surface area contributed by atoms with Gasteiger partial charge in [-0.2, -0.15) is 13.2 Å². The highest BCUT2D eigenvalue weighted by Crippen LogP contribution is 2.24. The van der Waals surface area contributed by atoms with E-state index in [1.54, 1.807) is 0 Å². The summed E-state index contributed by atoms with van der Waals surface area (Å²) < 4.78 is 42.4. The molecule has 1 unspecified atom stereocenters. The monoisotopic (exact) mass is 338 g/mol. The molecule has 1 rings (SSSR count). The molecule has 0 spiro atoms. The summed E-state index contributed by atoms with van der Waals surface area (Å²) in [5.41, 5.74) is -0.199. The second-order valence-electron chi connectivity index (χ2n) is 6.23. The number of rotatable bonds is 8. The van der Waals surface area contributed by atoms with Crippen molar-refractivity contribution in [1.82, 2.24) is 15.5 Å². The van der Waals surface area contributed by atoms with Gasteiger partial charge in [0.05, 0.1) is 18.7 Å². The standard InChI is InChI=1S/C15H29F3N4O/c1-4-19-13(21-11-14(2)7-5-10-23-14)20-8-6-9-22(3)12-15(16,17)18/h4-12H2,1-3H3,(H2,19,20,21). The van der Waals surface area contributed by atoms with Gasteiger partial charge in [0.1, 0.15) is 0 Å². The molecule has 5 nitrogen and oxygen atoms in total. The molecule has 1 aliphatic heterocycles. The zero-order valence-electron chi connectivity index (χ0n) is 14.3. The molecule has 136 valence electrons. The van der Waals surface area contributed by atoms with Gasteiger partial charge in [-0.15, -0.1) is 0 Å². The molecule has 23 heavy (non-hydrogen) atoms. The number of halogens is 3. The molecule has 0 aromatic rings. The predicted molar refractivity (Wildman–Crippen MR) is 85.7 cm³/mol. The Morgan fingerprint density at radius 2 is 2.09 bits per heavy atom. The number of nitrogens with zero attached hydrogens (tertiary/aromatic N) is 2. The Balaban J connectivity index is 2.30. The van der Waals surface area contributed by atoms with Gasteiger partial charge in [0.2, 0.25) is 0 Å². The van der Waals surface area contributed by atoms with E-state index >= 15 is 0 Å². The molecule has 0 aromatic heterocycles. The van der Waals surface area contributed by atoms with Crippen molar-refractivity contribution in [3.8, 4) is 0 Å². The van der Waals surface area contributed by atoms with Crippen LogP contribution in [0.4, 0.5) is 13.2 Å². The van der Waals surface area contributed by atoms with Crippen LogP contribution in [0.2, 0.25) is 0 Å². The van der Waals surface area contributed by atoms with Crippen molar-refractivity contribution >= 4 is 5.96 Å². The van der Waals surface area contributed by atoms with Crippen molar-refractivity contribution in [2.75, 3.05) is 46.4 Å². The summed E-state index contributed by atoms with van der Waals surface area (Å²) in [7, 11) is 1.48. The Morgan fingerprint density at radius 1 is 1.35 bits per heavy atom. The third-order valence-corrected chi connectivity index (χ3v) is 3.67. The van der Waals surface area contributed by atoms with Gasteiger partial charge in [0.15, 0.2) is 5.96 Å². The molecule has 0 saturated carbocycles. The summed E-state index contributed by atoms with van der Waals surface area (Å²) in [5.74, 6) is 0.683. The SMILES string of the molecule is CCNC(=NCC1(C)CCCO1)NCCCN(C)CC(F)(F)F. The Hall–Kier alpha value is -1.02. The molecule has 2 N–H and O–H groups in total. The molecule has 0 aromatic carbocycles. The van der Waals surface area contributed by atoms with E-state index in [0.717, 1.165) is 26.0 Å². The first-order valence-electron chi connectivity index (χ1n) is 8.15. The highest BCUT2D eigenvalue weighted by Gasteiger charge is 2.30. The van der Waals surface area contributed by atoms with Crippen molar-refractivity contribution in [1.29, 1.82) is 0 Å². The largest absolute Gasteiger partial charge is 0.401 e. The fourth-order valence-electron chi connectivity index (χ4n) is 2.49. The Kier molecular flexibility index (Phi) is 8.11. The van der Waals surface area contributed by atoms with Gasteiger partial charge in [-0.05, 0) is 46.7 Å². The van der Waals surface area contributed by atoms with Crippen molar-refractivity contribution in [3.63, 3.8) is 0 Å². The molecule has 0 aliphatic carbocycles. The van der Waals surface area contributed by atoms with Crippen LogP contribution in [0.5, 0.6) is 0 Å². The molecule has 1 aliphatic rings. The van der Waals surface area contributed by atoms with Crippen LogP contribution in [0.15, 0.2) is 4.99 Å². The van der Waals surface area contributed by atoms with Gasteiger partial charge in [0, 0.05) is 19.7 Å². The second-order valence-corrected chi connectivity index (χ2v) is 6.23. The maximum Gasteiger partial charge on any atom is 0.401 e. The topological polar surface area (TPSA) is 48.9 Å². The van der Waals surface area contributed by atoms with Crippen LogP contribution in [0.3, 0.4) is 0 Å². The maximum absolute atomic E-state index is 12.2. The van der Waals surface area contributed by atoms with Gasteiger partial charge in [-0.3, -0.25) is 9.89 Å². The normalized spacial score (nSPS) is 22.7. The lowest BCUT2D eigenvalue weighted by molar-refractivity contribution is -0.143. The molecule has 0 radical (unpaired) electrons. The number of hydrogen-bond acceptors (Lipinski definition) is 3. The van der Waals surface area contributed by atoms with E-state index in [0.29, 0.717) is 32.0 Å². The van der Waals surface area contributed by atoms with Gasteiger partial charge < -0.3 is 15.4 Å². The fraction of sp³-hybridized carbons (Fsp3) is 0.933. The number of aliphatic imine (C=N–C) groups is 1. The zero-order chi connectivity index (χ0) is 17.3. The molecule has 1 heterocycles. The highest BCUT2D eigenvalue weighted by molar-refractivity contribution is 5.79. The molecule has 1 saturated heterocycles. The van der Waals surface area contributed by atoms with Crippen LogP contribution < -0.4 is 10.6 Å². The molecule has 1 atom stereocenters. The number of nitrogens with one attached hydrogen (secondary N) is 2. The third-order valence-electron chi connectivity index (χ3n) is 3.67. The summed E-state index contributed by atoms with van der Waals surface area (Å²) in [6, 6.07) is 0. The van der Waals surface area contributed by atoms with Crippen molar-refractivity contribution in [2.45, 2.75) is 44.9 Å². The van der Waals surface area contributed by atoms with Crippen LogP contribution in [-0.4, -0.2) is 69.0 Å². The zero-order valence-corrected chi connectivity index (χ0v) is 14.3. The third kappa shape index (κ3) is 9.00. The highest BCUT2D eigenvalue weighted by atomic mass is 19.4. The number of ether oxygens (including phenoxy) is 1. The van der Waals surface area contributed by atoms with E-state index in [9.17, 15) is 13.2 Å². The van der Waals surface area contributed by atoms with Crippen LogP contribution in [0.1, 0.15) is 33.1 Å². The fourth-order valence-corrected chi connectivity index (χ4v) is 2.49. The van der Waals surface area contributed by atoms with E-state index < -0.39 is 12.7 Å². The van der Waals surface area contributed by atoms with E-state index in [1.165, 1.54) is 11.9 Å². The minimum atomic E-state index is -4.14. The van der Waals surface area contributed by atoms with Crippen LogP contribution in [0.25, 0.3) is 0 Å². The lowest BCUT2D eigenvalue weighted by Gasteiger charge is -2.22. The van der Waals surface area contributed by atoms with E-state index in [2.05, 4.69) is 22.5 Å². The summed E-state index contributed by atoms with van der Waals surface area (Å²) in [4.78, 5) is 5.80. The van der Waals surface area contributed by atoms with E-state index in [4.69, 9.17) is 4.74 Å². The summed E-state index contributed by atoms with van der Waals surface area (Å²) in [6.45, 7) is 6.20. The van der Waals surface area contributed by atoms with Gasteiger partial charge >= 0.3 is 6.18 Å². The summed E-state index contributed by atoms with van der Waals surface area (Å²) in [6.07, 6.45) is -1.47. The van der Waals surface area contributed by atoms with E-state index in [1.807, 2.05) is 6.92 Å². The second kappa shape index (κ2) is 9.32. The first-order valence-corrected chi connectivity index (χ1v) is 8.15. The van der Waals surface area contributed by atoms with Crippen molar-refractivity contribution < 1.29 is 17.9 Å². The van der Waals surface area contributed by atoms with Gasteiger partial charge in [-0.1, -0.05) is 0 Å². The maximum atomic E-state index is 12.2. The van der Waals surface area contributed by atoms with Crippen LogP contribution >= 0.6 is 0 Å². The summed E-state index contributed by atoms with van der Waals surface area (Å²) in [5, 5.41) is 6.30. The average molecular weight is 338 g/mol. The minimum Gasteiger partial charge on any atom is -0.373 e. The molecular formula is C15H29F3N4O. The molecule has 1 fully saturated rings. The van der Waals surface area contributed by atoms with Crippen LogP contribution in [-0.2, 0) is 4.74 Å². The number of guanidine groups is 1. The lowest BCUT2D eigenvalue weighted by atomic mass is 10.0. The smallest absolute Gasteiger partial charge is 0.373 e. The van der Waals surface area contributed by atoms with Crippen molar-refractivity contribution in [2.24, 2.45) is 4.99 Å². The number of hydrogen-bond donors (Lipinski definition) is 2. The Labute approximate surface area is 136 Å². The van der Waals surface area contributed by atoms with E-state index in [-0.39, 0.29) is 5.60 Å². The van der Waals surface area contributed by atoms with Crippen LogP contribution in [0, 0.1) is 0 Å². The van der Waals surface area contributed by atoms with Crippen molar-refractivity contribution in [3.05, 3.63) is 0 Å². The Bertz CT molecular complexity index is 368. The van der Waals surface area contributed by atoms with Gasteiger partial charge in [0.25, 0.3) is 0 Å². The molecule has 8 heteroatoms. The number of alkyl halides is 3. The molecule has 0 amide bonds. The van der Waals surface area contributed by atoms with Gasteiger partial charge in [-0.25, -0.2) is 0 Å². The predicted octanol–water partition coefficient (Wildman–Crippen LogP) is 1.99. The molecule has 0 bridgehead atoms. The first kappa shape index (κ1) is 20.0. The minimum absolute atomic E-state index is 0.199.